The lowest BCUT2D eigenvalue weighted by molar-refractivity contribution is -0.157. The summed E-state index contributed by atoms with van der Waals surface area (Å²) in [5, 5.41) is 32.1. The number of carbonyl (C=O) groups is 7. The van der Waals surface area contributed by atoms with Gasteiger partial charge in [0, 0.05) is 63.9 Å². The minimum atomic E-state index is -1.89. The second-order valence-corrected chi connectivity index (χ2v) is 25.4. The number of aliphatic hydroxyl groups is 1. The first-order valence-electron chi connectivity index (χ1n) is 27.6. The van der Waals surface area contributed by atoms with Gasteiger partial charge in [0.05, 0.1) is 42.7 Å². The number of fused-ring (bicyclic) bond motifs is 5. The van der Waals surface area contributed by atoms with E-state index in [-0.39, 0.29) is 35.8 Å². The Morgan fingerprint density at radius 3 is 2.36 bits per heavy atom. The van der Waals surface area contributed by atoms with Crippen molar-refractivity contribution >= 4 is 91.9 Å². The van der Waals surface area contributed by atoms with Crippen LogP contribution in [0.5, 0.6) is 5.75 Å². The van der Waals surface area contributed by atoms with Crippen molar-refractivity contribution in [3.05, 3.63) is 148 Å². The van der Waals surface area contributed by atoms with E-state index in [2.05, 4.69) is 20.9 Å². The van der Waals surface area contributed by atoms with E-state index in [1.54, 1.807) is 80.9 Å². The molecule has 5 amide bonds. The van der Waals surface area contributed by atoms with E-state index in [1.165, 1.54) is 60.2 Å². The smallest absolute Gasteiger partial charge is 0.409 e. The lowest BCUT2D eigenvalue weighted by Crippen LogP contribution is -2.63. The van der Waals surface area contributed by atoms with Crippen molar-refractivity contribution in [2.75, 3.05) is 51.3 Å². The van der Waals surface area contributed by atoms with Crippen molar-refractivity contribution in [3.8, 4) is 28.0 Å². The Bertz CT molecular complexity index is 3340. The third kappa shape index (κ3) is 16.2. The normalized spacial score (nSPS) is 23.8. The summed E-state index contributed by atoms with van der Waals surface area (Å²) in [4.78, 5) is 101. The summed E-state index contributed by atoms with van der Waals surface area (Å²) in [7, 11) is 8.17. The molecule has 0 spiro atoms. The number of esters is 1. The summed E-state index contributed by atoms with van der Waals surface area (Å²) in [6.45, 7) is 4.82. The van der Waals surface area contributed by atoms with Gasteiger partial charge in [0.1, 0.15) is 47.3 Å². The monoisotopic (exact) mass is 1250 g/mol. The van der Waals surface area contributed by atoms with Crippen LogP contribution in [-0.2, 0) is 49.3 Å². The molecule has 4 bridgehead atoms. The fourth-order valence-electron chi connectivity index (χ4n) is 10.4. The third-order valence-electron chi connectivity index (χ3n) is 15.3. The number of aromatic nitrogens is 1. The third-order valence-corrected chi connectivity index (χ3v) is 19.0. The first kappa shape index (κ1) is 64.7. The Balaban J connectivity index is 0.857. The van der Waals surface area contributed by atoms with Gasteiger partial charge in [0.25, 0.3) is 5.91 Å². The number of carboxylic acids is 1. The summed E-state index contributed by atoms with van der Waals surface area (Å²) in [5.41, 5.74) is 3.26. The maximum absolute atomic E-state index is 14.4. The Labute approximate surface area is 515 Å². The van der Waals surface area contributed by atoms with Crippen molar-refractivity contribution < 1.29 is 67.5 Å². The molecule has 5 heterocycles. The molecule has 2 fully saturated rings. The molecule has 0 saturated carbocycles. The maximum Gasteiger partial charge on any atom is 0.409 e. The molecule has 0 aliphatic carbocycles. The van der Waals surface area contributed by atoms with Gasteiger partial charge in [-0.3, -0.25) is 34.3 Å². The summed E-state index contributed by atoms with van der Waals surface area (Å²) in [5.74, 6) is -4.18. The number of alkyl carbamates (subject to hydrolysis) is 1. The number of nitrogens with zero attached hydrogens (tertiary/aromatic N) is 3. The Morgan fingerprint density at radius 1 is 0.977 bits per heavy atom. The molecule has 3 unspecified atom stereocenters. The van der Waals surface area contributed by atoms with Crippen molar-refractivity contribution in [2.45, 2.75) is 101 Å². The number of allylic oxidation sites excluding steroid dienone is 3. The van der Waals surface area contributed by atoms with Gasteiger partial charge >= 0.3 is 18.0 Å². The van der Waals surface area contributed by atoms with Crippen LogP contribution in [0, 0.1) is 5.92 Å². The number of amides is 5. The van der Waals surface area contributed by atoms with Crippen LogP contribution in [0.15, 0.2) is 127 Å². The minimum absolute atomic E-state index is 0.0544. The fraction of sp³-hybridized carbons (Fsp3) is 0.387. The molecule has 24 heteroatoms. The molecular formula is C62H69ClN6O14S3. The number of hydrogen-bond acceptors (Lipinski definition) is 17. The van der Waals surface area contributed by atoms with E-state index in [9.17, 15) is 43.8 Å². The van der Waals surface area contributed by atoms with Crippen LogP contribution in [0.2, 0.25) is 5.02 Å². The van der Waals surface area contributed by atoms with Crippen LogP contribution in [0.1, 0.15) is 73.3 Å². The minimum Gasteiger partial charge on any atom is -0.495 e. The van der Waals surface area contributed by atoms with Gasteiger partial charge in [-0.25, -0.2) is 9.59 Å². The molecule has 3 aliphatic heterocycles. The number of anilines is 1. The average Bonchev–Trinajstić information content (AvgIpc) is 1.61. The average molecular weight is 1250 g/mol. The molecule has 3 aliphatic rings. The highest BCUT2D eigenvalue weighted by molar-refractivity contribution is 8.76. The second-order valence-electron chi connectivity index (χ2n) is 21.5. The maximum atomic E-state index is 14.4. The zero-order valence-corrected chi connectivity index (χ0v) is 51.7. The number of methoxy groups -OCH3 is 2. The first-order chi connectivity index (χ1) is 41.1. The Morgan fingerprint density at radius 2 is 1.67 bits per heavy atom. The van der Waals surface area contributed by atoms with E-state index in [1.807, 2.05) is 60.8 Å². The highest BCUT2D eigenvalue weighted by Crippen LogP contribution is 2.49. The highest BCUT2D eigenvalue weighted by atomic mass is 35.5. The topological polar surface area (TPSA) is 265 Å². The van der Waals surface area contributed by atoms with E-state index in [4.69, 9.17) is 35.3 Å². The predicted molar refractivity (Wildman–Crippen MR) is 330 cm³/mol. The molecule has 5 aromatic rings. The van der Waals surface area contributed by atoms with Crippen LogP contribution in [0.25, 0.3) is 22.3 Å². The van der Waals surface area contributed by atoms with Gasteiger partial charge in [-0.1, -0.05) is 119 Å². The molecule has 2 saturated heterocycles. The van der Waals surface area contributed by atoms with E-state index < -0.39 is 108 Å². The Hall–Kier alpha value is -7.25. The van der Waals surface area contributed by atoms with Gasteiger partial charge in [0.2, 0.25) is 17.7 Å². The van der Waals surface area contributed by atoms with Crippen molar-refractivity contribution in [1.82, 2.24) is 25.8 Å². The molecule has 2 aromatic heterocycles. The van der Waals surface area contributed by atoms with Crippen molar-refractivity contribution in [1.29, 1.82) is 0 Å². The van der Waals surface area contributed by atoms with Gasteiger partial charge < -0.3 is 54.3 Å². The lowest BCUT2D eigenvalue weighted by atomic mass is 9.83. The van der Waals surface area contributed by atoms with Crippen LogP contribution in [0.3, 0.4) is 0 Å². The molecule has 456 valence electrons. The van der Waals surface area contributed by atoms with Gasteiger partial charge in [-0.2, -0.15) is 0 Å². The van der Waals surface area contributed by atoms with Gasteiger partial charge in [0.15, 0.2) is 5.72 Å². The van der Waals surface area contributed by atoms with Gasteiger partial charge in [-0.05, 0) is 89.4 Å². The molecule has 0 radical (unpaired) electrons. The van der Waals surface area contributed by atoms with E-state index >= 15 is 0 Å². The highest BCUT2D eigenvalue weighted by Gasteiger charge is 2.64. The zero-order chi connectivity index (χ0) is 61.9. The summed E-state index contributed by atoms with van der Waals surface area (Å²) in [6.07, 6.45) is 3.46. The van der Waals surface area contributed by atoms with Gasteiger partial charge in [-0.15, -0.1) is 11.3 Å². The SMILES string of the molecule is COc1cc2cc(c1Cl)N(C)C(=O)C[C@@H](OC(=O)CN(C)C(=O)CCSSCC(NC(=O)CC(NC(=O)c1cc(-c3ccc(-c4ccncc4)cc3)cs1)c1ccccc1)C(=O)O)[C@]1(C)O[C@H]1[C@@H](C)C1C[C@](O)(NC(=O)O1)[C@@H](OC)/C=C/C=C(\C)C2. The molecule has 9 atom stereocenters. The van der Waals surface area contributed by atoms with Crippen LogP contribution in [0.4, 0.5) is 10.5 Å². The molecule has 8 rings (SSSR count). The number of hydrogen-bond donors (Lipinski definition) is 5. The number of epoxide rings is 1. The largest absolute Gasteiger partial charge is 0.495 e. The number of likely N-dealkylation sites (N-methyl/N-ethyl adjacent to an activating group) is 1. The number of carboxylic acid groups (broad SMARTS) is 1. The summed E-state index contributed by atoms with van der Waals surface area (Å²) >= 11 is 8.09. The number of thiophene rings is 1. The number of nitrogens with one attached hydrogen (secondary N) is 3. The number of aliphatic carboxylic acids is 1. The summed E-state index contributed by atoms with van der Waals surface area (Å²) < 4.78 is 29.3. The number of benzene rings is 3. The molecular weight excluding hydrogens is 1180 g/mol. The number of rotatable bonds is 20. The number of halogens is 1. The molecule has 86 heavy (non-hydrogen) atoms. The number of carbonyl (C=O) groups excluding carboxylic acids is 6. The molecule has 3 aromatic carbocycles. The van der Waals surface area contributed by atoms with Crippen LogP contribution >= 0.6 is 44.5 Å². The second kappa shape index (κ2) is 29.0. The van der Waals surface area contributed by atoms with Crippen LogP contribution < -0.4 is 25.6 Å². The van der Waals surface area contributed by atoms with E-state index in [0.29, 0.717) is 28.3 Å². The molecule has 5 N–H and O–H groups in total. The Kier molecular flexibility index (Phi) is 21.8. The van der Waals surface area contributed by atoms with Crippen LogP contribution in [-0.4, -0.2) is 150 Å². The summed E-state index contributed by atoms with van der Waals surface area (Å²) in [6, 6.07) is 24.0. The predicted octanol–water partition coefficient (Wildman–Crippen LogP) is 8.82. The lowest BCUT2D eigenvalue weighted by Gasteiger charge is -2.42. The first-order valence-corrected chi connectivity index (χ1v) is 31.4. The fourth-order valence-corrected chi connectivity index (χ4v) is 13.6. The van der Waals surface area contributed by atoms with Crippen molar-refractivity contribution in [2.24, 2.45) is 5.92 Å². The van der Waals surface area contributed by atoms with Crippen molar-refractivity contribution in [3.63, 3.8) is 0 Å². The molecule has 20 nitrogen and oxygen atoms in total. The number of ether oxygens (including phenoxy) is 5. The quantitative estimate of drug-likeness (QED) is 0.0211. The number of pyridine rings is 1. The standard InChI is InChI=1S/C62H69ClN6O14S3/c1-36-12-11-15-50(80-7)62(78)32-48(81-60(77)67-62)37(2)57-61(3,83-57)51(31-54(72)69(5)46-27-38(26-36)28-47(79-6)56(46)63)82-55(73)33-68(4)53(71)22-25-85-86-35-45(59(75)76)65-52(70)30-44(42-13-9-8-10-14-42)66-58(74)49-29-43(34-84-49)40-18-16-39(17-19-40)41-20-23-64-24-21-41/h8-21,23-24,27-29,34,37,44-45,48,50-51,57,78H,22,25-26,30-33,35H2,1-7H3,(H,65,70)(H,66,74)(H,67,77)(H,75,76)/b15-11+,36-12+/t37-,44?,45?,48?,50-,51+,57-,61-,62+/m0/s1. The zero-order valence-electron chi connectivity index (χ0n) is 48.5. The van der Waals surface area contributed by atoms with E-state index in [0.717, 1.165) is 44.2 Å².